The molecule has 2 aromatic heterocycles. The molecule has 2 aliphatic rings. The summed E-state index contributed by atoms with van der Waals surface area (Å²) in [4.78, 5) is 69.5. The number of rotatable bonds is 12. The van der Waals surface area contributed by atoms with Crippen molar-refractivity contribution in [1.29, 1.82) is 0 Å². The summed E-state index contributed by atoms with van der Waals surface area (Å²) in [5.74, 6) is 2.48. The number of amides is 4. The number of carbonyl (C=O) groups excluding carboxylic acids is 4. The van der Waals surface area contributed by atoms with Gasteiger partial charge in [-0.1, -0.05) is 58.0 Å². The molecule has 3 aromatic carbocycles. The molecule has 1 fully saturated rings. The predicted molar refractivity (Wildman–Crippen MR) is 217 cm³/mol. The van der Waals surface area contributed by atoms with Crippen molar-refractivity contribution in [2.75, 3.05) is 33.9 Å². The molecule has 0 bridgehead atoms. The minimum absolute atomic E-state index is 0.0560. The molecule has 15 nitrogen and oxygen atoms in total. The number of nitrogens with one attached hydrogen (secondary N) is 4. The van der Waals surface area contributed by atoms with E-state index in [1.807, 2.05) is 32.9 Å². The van der Waals surface area contributed by atoms with E-state index in [0.29, 0.717) is 24.7 Å². The van der Waals surface area contributed by atoms with Crippen molar-refractivity contribution in [3.05, 3.63) is 83.7 Å². The molecule has 0 aliphatic carbocycles. The molecule has 7 rings (SSSR count). The van der Waals surface area contributed by atoms with Gasteiger partial charge in [0.15, 0.2) is 0 Å². The molecule has 304 valence electrons. The van der Waals surface area contributed by atoms with Gasteiger partial charge in [0, 0.05) is 41.3 Å². The molecule has 0 spiro atoms. The van der Waals surface area contributed by atoms with Gasteiger partial charge in [0.25, 0.3) is 0 Å². The van der Waals surface area contributed by atoms with Crippen LogP contribution in [0.25, 0.3) is 33.3 Å². The molecule has 3 atom stereocenters. The number of likely N-dealkylation sites (tertiary alicyclic amines) is 1. The number of methoxy groups -OCH3 is 2. The van der Waals surface area contributed by atoms with E-state index in [0.717, 1.165) is 75.2 Å². The lowest BCUT2D eigenvalue weighted by Crippen LogP contribution is -2.51. The van der Waals surface area contributed by atoms with Crippen LogP contribution in [0.4, 0.5) is 9.59 Å². The Hall–Kier alpha value is -6.38. The first-order valence-electron chi connectivity index (χ1n) is 19.7. The average Bonchev–Trinajstić information content (AvgIpc) is 4.03. The quantitative estimate of drug-likeness (QED) is 0.103. The van der Waals surface area contributed by atoms with E-state index in [2.05, 4.69) is 78.6 Å². The van der Waals surface area contributed by atoms with Gasteiger partial charge in [-0.2, -0.15) is 0 Å². The fourth-order valence-electron chi connectivity index (χ4n) is 7.99. The first-order chi connectivity index (χ1) is 28.0. The second kappa shape index (κ2) is 17.0. The van der Waals surface area contributed by atoms with Crippen LogP contribution in [0, 0.1) is 5.92 Å². The Labute approximate surface area is 336 Å². The largest absolute Gasteiger partial charge is 0.457 e. The van der Waals surface area contributed by atoms with E-state index in [1.165, 1.54) is 14.2 Å². The maximum atomic E-state index is 13.5. The van der Waals surface area contributed by atoms with Crippen LogP contribution >= 0.6 is 0 Å². The standard InChI is InChI=1S/C43H50N8O7/c1-7-16-50(41(53)39(24(2)3)49-43(55)57-6)23-36-44-20-31(47-36)27-11-14-30-26(18-27)12-15-34-38(30)25(4)29-13-10-28(19-35(29)58-34)32-21-45-40(48-32)33-9-8-17-51(33)37(52)22-46-42(54)56-5/h10-15,18-21,24-25,33,39H,7-9,16-17,22-23H2,1-6H3,(H,44,47)(H,45,48)(H,46,54)(H,49,55)/t25?,33-,39?/m0/s1. The highest BCUT2D eigenvalue weighted by Gasteiger charge is 2.33. The number of nitrogens with zero attached hydrogens (tertiary/aromatic N) is 4. The van der Waals surface area contributed by atoms with E-state index in [4.69, 9.17) is 9.47 Å². The van der Waals surface area contributed by atoms with Crippen molar-refractivity contribution in [3.63, 3.8) is 0 Å². The van der Waals surface area contributed by atoms with Crippen LogP contribution in [-0.2, 0) is 25.6 Å². The van der Waals surface area contributed by atoms with Gasteiger partial charge >= 0.3 is 12.2 Å². The zero-order valence-corrected chi connectivity index (χ0v) is 33.7. The molecular weight excluding hydrogens is 741 g/mol. The summed E-state index contributed by atoms with van der Waals surface area (Å²) >= 11 is 0. The van der Waals surface area contributed by atoms with Gasteiger partial charge in [-0.25, -0.2) is 19.6 Å². The third-order valence-electron chi connectivity index (χ3n) is 11.0. The minimum Gasteiger partial charge on any atom is -0.457 e. The predicted octanol–water partition coefficient (Wildman–Crippen LogP) is 7.02. The summed E-state index contributed by atoms with van der Waals surface area (Å²) in [5, 5.41) is 7.31. The number of benzene rings is 3. The van der Waals surface area contributed by atoms with Crippen molar-refractivity contribution >= 4 is 34.8 Å². The number of carbonyl (C=O) groups is 4. The molecule has 4 N–H and O–H groups in total. The molecule has 0 radical (unpaired) electrons. The smallest absolute Gasteiger partial charge is 0.407 e. The fourth-order valence-corrected chi connectivity index (χ4v) is 7.99. The van der Waals surface area contributed by atoms with Crippen LogP contribution in [0.5, 0.6) is 11.5 Å². The number of aromatic amines is 2. The molecule has 15 heteroatoms. The monoisotopic (exact) mass is 790 g/mol. The molecule has 4 heterocycles. The normalized spacial score (nSPS) is 16.3. The lowest BCUT2D eigenvalue weighted by molar-refractivity contribution is -0.135. The minimum atomic E-state index is -0.719. The number of H-pyrrole nitrogens is 2. The van der Waals surface area contributed by atoms with Crippen LogP contribution in [0.2, 0.25) is 0 Å². The van der Waals surface area contributed by atoms with Gasteiger partial charge in [0.05, 0.1) is 50.6 Å². The van der Waals surface area contributed by atoms with Crippen molar-refractivity contribution < 1.29 is 33.4 Å². The number of alkyl carbamates (subject to hydrolysis) is 2. The number of fused-ring (bicyclic) bond motifs is 4. The summed E-state index contributed by atoms with van der Waals surface area (Å²) in [6, 6.07) is 15.7. The Morgan fingerprint density at radius 2 is 1.69 bits per heavy atom. The summed E-state index contributed by atoms with van der Waals surface area (Å²) in [7, 11) is 2.55. The molecule has 58 heavy (non-hydrogen) atoms. The van der Waals surface area contributed by atoms with Crippen LogP contribution in [0.3, 0.4) is 0 Å². The lowest BCUT2D eigenvalue weighted by atomic mass is 9.85. The lowest BCUT2D eigenvalue weighted by Gasteiger charge is -2.28. The summed E-state index contributed by atoms with van der Waals surface area (Å²) in [5.41, 5.74) is 5.71. The highest BCUT2D eigenvalue weighted by molar-refractivity contribution is 5.93. The number of imidazole rings is 2. The van der Waals surface area contributed by atoms with Crippen LogP contribution in [0.15, 0.2) is 60.9 Å². The molecule has 4 amide bonds. The van der Waals surface area contributed by atoms with Crippen molar-refractivity contribution in [2.45, 2.75) is 71.5 Å². The topological polar surface area (TPSA) is 184 Å². The number of hydrogen-bond acceptors (Lipinski definition) is 9. The second-order valence-corrected chi connectivity index (χ2v) is 15.1. The molecule has 0 saturated carbocycles. The molecule has 1 saturated heterocycles. The summed E-state index contributed by atoms with van der Waals surface area (Å²) in [6.07, 6.45) is 4.65. The first-order valence-corrected chi connectivity index (χ1v) is 19.7. The van der Waals surface area contributed by atoms with Crippen molar-refractivity contribution in [2.24, 2.45) is 5.92 Å². The van der Waals surface area contributed by atoms with Crippen molar-refractivity contribution in [3.8, 4) is 34.0 Å². The molecule has 5 aromatic rings. The van der Waals surface area contributed by atoms with Gasteiger partial charge < -0.3 is 44.6 Å². The first kappa shape index (κ1) is 39.8. The van der Waals surface area contributed by atoms with Gasteiger partial charge in [0.1, 0.15) is 35.7 Å². The highest BCUT2D eigenvalue weighted by Crippen LogP contribution is 2.48. The second-order valence-electron chi connectivity index (χ2n) is 15.1. The number of ether oxygens (including phenoxy) is 3. The van der Waals surface area contributed by atoms with Gasteiger partial charge in [-0.15, -0.1) is 0 Å². The third kappa shape index (κ3) is 8.06. The van der Waals surface area contributed by atoms with E-state index in [9.17, 15) is 19.2 Å². The Balaban J connectivity index is 1.06. The van der Waals surface area contributed by atoms with E-state index >= 15 is 0 Å². The Morgan fingerprint density at radius 3 is 2.45 bits per heavy atom. The third-order valence-corrected chi connectivity index (χ3v) is 11.0. The van der Waals surface area contributed by atoms with E-state index in [-0.39, 0.29) is 42.8 Å². The zero-order valence-electron chi connectivity index (χ0n) is 33.7. The summed E-state index contributed by atoms with van der Waals surface area (Å²) < 4.78 is 15.9. The van der Waals surface area contributed by atoms with Crippen LogP contribution in [-0.4, -0.2) is 93.6 Å². The zero-order chi connectivity index (χ0) is 41.1. The van der Waals surface area contributed by atoms with Crippen LogP contribution < -0.4 is 15.4 Å². The summed E-state index contributed by atoms with van der Waals surface area (Å²) in [6.45, 7) is 9.21. The Kier molecular flexibility index (Phi) is 11.7. The van der Waals surface area contributed by atoms with E-state index < -0.39 is 18.2 Å². The number of aromatic nitrogens is 4. The maximum absolute atomic E-state index is 13.5. The highest BCUT2D eigenvalue weighted by atomic mass is 16.5. The fraction of sp³-hybridized carbons (Fsp3) is 0.395. The molecular formula is C43H50N8O7. The maximum Gasteiger partial charge on any atom is 0.407 e. The van der Waals surface area contributed by atoms with Gasteiger partial charge in [-0.05, 0) is 54.2 Å². The van der Waals surface area contributed by atoms with Gasteiger partial charge in [0.2, 0.25) is 11.8 Å². The van der Waals surface area contributed by atoms with E-state index in [1.54, 1.807) is 22.2 Å². The number of hydrogen-bond donors (Lipinski definition) is 4. The van der Waals surface area contributed by atoms with Crippen molar-refractivity contribution in [1.82, 2.24) is 40.4 Å². The Bertz CT molecular complexity index is 2330. The SMILES string of the molecule is CCCN(Cc1ncc(-c2ccc3c4c(ccc3c2)Oc2cc(-c3cnc([C@@H]5CCCN5C(=O)CNC(=O)OC)[nH]3)ccc2C4C)[nH]1)C(=O)C(NC(=O)OC)C(C)C. The molecule has 2 unspecified atom stereocenters. The Morgan fingerprint density at radius 1 is 0.948 bits per heavy atom. The molecule has 2 aliphatic heterocycles. The van der Waals surface area contributed by atoms with Gasteiger partial charge in [-0.3, -0.25) is 9.59 Å². The average molecular weight is 791 g/mol. The van der Waals surface area contributed by atoms with Crippen LogP contribution in [0.1, 0.15) is 81.7 Å².